The molecule has 150 valence electrons. The molecule has 0 aliphatic rings. The molecule has 3 N–H and O–H groups in total. The summed E-state index contributed by atoms with van der Waals surface area (Å²) in [6.07, 6.45) is 0.0585. The molecule has 3 aromatic rings. The second kappa shape index (κ2) is 8.83. The molecule has 0 saturated heterocycles. The van der Waals surface area contributed by atoms with Gasteiger partial charge in [0.05, 0.1) is 15.8 Å². The third-order valence-electron chi connectivity index (χ3n) is 4.26. The first-order chi connectivity index (χ1) is 14.0. The van der Waals surface area contributed by atoms with Crippen molar-refractivity contribution in [1.82, 2.24) is 15.0 Å². The van der Waals surface area contributed by atoms with Gasteiger partial charge in [0.1, 0.15) is 5.69 Å². The largest absolute Gasteiger partial charge is 0.379 e. The van der Waals surface area contributed by atoms with Crippen LogP contribution in [0.25, 0.3) is 10.9 Å². The second-order valence-electron chi connectivity index (χ2n) is 6.13. The van der Waals surface area contributed by atoms with Crippen molar-refractivity contribution in [2.45, 2.75) is 19.9 Å². The zero-order valence-corrected chi connectivity index (χ0v) is 15.7. The Balaban J connectivity index is 1.61. The minimum absolute atomic E-state index is 0.0571. The van der Waals surface area contributed by atoms with Crippen molar-refractivity contribution in [2.24, 2.45) is 0 Å². The van der Waals surface area contributed by atoms with Gasteiger partial charge in [0, 0.05) is 25.6 Å². The second-order valence-corrected chi connectivity index (χ2v) is 6.13. The Hall–Kier alpha value is -3.95. The summed E-state index contributed by atoms with van der Waals surface area (Å²) in [4.78, 5) is 39.6. The summed E-state index contributed by atoms with van der Waals surface area (Å²) in [6.45, 7) is 2.39. The highest BCUT2D eigenvalue weighted by atomic mass is 16.6. The highest BCUT2D eigenvalue weighted by Gasteiger charge is 2.13. The number of hydrazine groups is 1. The number of fused-ring (bicyclic) bond motifs is 1. The molecule has 0 atom stereocenters. The number of anilines is 2. The Morgan fingerprint density at radius 1 is 1.17 bits per heavy atom. The average Bonchev–Trinajstić information content (AvgIpc) is 2.72. The van der Waals surface area contributed by atoms with Crippen molar-refractivity contribution in [2.75, 3.05) is 17.3 Å². The number of nitrogens with one attached hydrogen (secondary N) is 3. The quantitative estimate of drug-likeness (QED) is 0.393. The maximum Gasteiger partial charge on any atom is 0.292 e. The standard InChI is InChI=1S/C19H20N6O4/c1-2-24-18(27)13-7-3-4-8-14(13)21-19(24)23-22-17(26)11-12-20-15-9-5-6-10-16(15)25(28)29/h3-10,20H,2,11-12H2,1H3,(H,21,23)(H,22,26). The fourth-order valence-corrected chi connectivity index (χ4v) is 2.84. The molecule has 0 bridgehead atoms. The molecule has 29 heavy (non-hydrogen) atoms. The number of benzene rings is 2. The van der Waals surface area contributed by atoms with E-state index in [-0.39, 0.29) is 36.1 Å². The van der Waals surface area contributed by atoms with E-state index in [1.54, 1.807) is 42.5 Å². The summed E-state index contributed by atoms with van der Waals surface area (Å²) in [5, 5.41) is 14.4. The average molecular weight is 396 g/mol. The Morgan fingerprint density at radius 2 is 1.90 bits per heavy atom. The molecule has 0 fully saturated rings. The minimum atomic E-state index is -0.487. The van der Waals surface area contributed by atoms with E-state index in [4.69, 9.17) is 0 Å². The predicted octanol–water partition coefficient (Wildman–Crippen LogP) is 2.27. The highest BCUT2D eigenvalue weighted by Crippen LogP contribution is 2.22. The van der Waals surface area contributed by atoms with E-state index in [0.717, 1.165) is 0 Å². The van der Waals surface area contributed by atoms with E-state index in [1.165, 1.54) is 10.6 Å². The van der Waals surface area contributed by atoms with Crippen LogP contribution in [0.1, 0.15) is 13.3 Å². The van der Waals surface area contributed by atoms with Gasteiger partial charge in [0.2, 0.25) is 11.9 Å². The summed E-state index contributed by atoms with van der Waals surface area (Å²) in [7, 11) is 0. The number of nitrogens with zero attached hydrogens (tertiary/aromatic N) is 3. The van der Waals surface area contributed by atoms with Gasteiger partial charge < -0.3 is 5.32 Å². The van der Waals surface area contributed by atoms with Crippen molar-refractivity contribution in [3.63, 3.8) is 0 Å². The SMILES string of the molecule is CCn1c(NNC(=O)CCNc2ccccc2[N+](=O)[O-])nc2ccccc2c1=O. The number of aromatic nitrogens is 2. The van der Waals surface area contributed by atoms with Crippen LogP contribution in [-0.4, -0.2) is 26.9 Å². The topological polar surface area (TPSA) is 131 Å². The lowest BCUT2D eigenvalue weighted by molar-refractivity contribution is -0.384. The molecule has 10 heteroatoms. The fourth-order valence-electron chi connectivity index (χ4n) is 2.84. The molecule has 0 aliphatic carbocycles. The molecule has 10 nitrogen and oxygen atoms in total. The zero-order valence-electron chi connectivity index (χ0n) is 15.7. The normalized spacial score (nSPS) is 10.5. The summed E-state index contributed by atoms with van der Waals surface area (Å²) in [5.74, 6) is -0.127. The van der Waals surface area contributed by atoms with Crippen LogP contribution >= 0.6 is 0 Å². The summed E-state index contributed by atoms with van der Waals surface area (Å²) in [6, 6.07) is 13.2. The number of rotatable bonds is 8. The number of hydrogen-bond acceptors (Lipinski definition) is 7. The van der Waals surface area contributed by atoms with Gasteiger partial charge in [0.25, 0.3) is 11.2 Å². The highest BCUT2D eigenvalue weighted by molar-refractivity contribution is 5.80. The fraction of sp³-hybridized carbons (Fsp3) is 0.211. The molecule has 2 aromatic carbocycles. The third-order valence-corrected chi connectivity index (χ3v) is 4.26. The summed E-state index contributed by atoms with van der Waals surface area (Å²) in [5.41, 5.74) is 5.80. The minimum Gasteiger partial charge on any atom is -0.379 e. The lowest BCUT2D eigenvalue weighted by Gasteiger charge is -2.14. The predicted molar refractivity (Wildman–Crippen MR) is 110 cm³/mol. The number of nitro groups is 1. The molecule has 1 heterocycles. The first-order valence-corrected chi connectivity index (χ1v) is 9.03. The Labute approximate surface area is 165 Å². The third kappa shape index (κ3) is 4.49. The Bertz CT molecular complexity index is 1110. The van der Waals surface area contributed by atoms with E-state index < -0.39 is 4.92 Å². The van der Waals surface area contributed by atoms with Crippen LogP contribution in [0.2, 0.25) is 0 Å². The van der Waals surface area contributed by atoms with Gasteiger partial charge in [-0.3, -0.25) is 35.1 Å². The zero-order chi connectivity index (χ0) is 20.8. The lowest BCUT2D eigenvalue weighted by atomic mass is 10.2. The van der Waals surface area contributed by atoms with Gasteiger partial charge in [-0.2, -0.15) is 0 Å². The van der Waals surface area contributed by atoms with E-state index in [2.05, 4.69) is 21.2 Å². The molecule has 0 unspecified atom stereocenters. The molecule has 0 radical (unpaired) electrons. The number of nitro benzene ring substituents is 1. The number of para-hydroxylation sites is 3. The summed E-state index contributed by atoms with van der Waals surface area (Å²) >= 11 is 0. The lowest BCUT2D eigenvalue weighted by Crippen LogP contribution is -2.35. The van der Waals surface area contributed by atoms with Crippen molar-refractivity contribution >= 4 is 34.1 Å². The summed E-state index contributed by atoms with van der Waals surface area (Å²) < 4.78 is 1.42. The van der Waals surface area contributed by atoms with Gasteiger partial charge in [-0.25, -0.2) is 4.98 Å². The molecule has 3 rings (SSSR count). The molecule has 1 amide bonds. The van der Waals surface area contributed by atoms with E-state index in [9.17, 15) is 19.7 Å². The first kappa shape index (κ1) is 19.8. The Kier molecular flexibility index (Phi) is 6.03. The molecule has 1 aromatic heterocycles. The number of hydrogen-bond donors (Lipinski definition) is 3. The van der Waals surface area contributed by atoms with E-state index >= 15 is 0 Å². The number of carbonyl (C=O) groups excluding carboxylic acids is 1. The first-order valence-electron chi connectivity index (χ1n) is 9.03. The molecular formula is C19H20N6O4. The van der Waals surface area contributed by atoms with Gasteiger partial charge in [0.15, 0.2) is 0 Å². The molecule has 0 saturated carbocycles. The molecule has 0 aliphatic heterocycles. The van der Waals surface area contributed by atoms with Gasteiger partial charge in [-0.05, 0) is 25.1 Å². The maximum absolute atomic E-state index is 12.5. The smallest absolute Gasteiger partial charge is 0.292 e. The van der Waals surface area contributed by atoms with Crippen LogP contribution in [0.4, 0.5) is 17.3 Å². The van der Waals surface area contributed by atoms with Crippen LogP contribution in [0.15, 0.2) is 53.3 Å². The van der Waals surface area contributed by atoms with Crippen molar-refractivity contribution in [3.8, 4) is 0 Å². The van der Waals surface area contributed by atoms with Crippen LogP contribution in [0.5, 0.6) is 0 Å². The van der Waals surface area contributed by atoms with Crippen LogP contribution in [0.3, 0.4) is 0 Å². The van der Waals surface area contributed by atoms with Crippen LogP contribution in [-0.2, 0) is 11.3 Å². The van der Waals surface area contributed by atoms with Crippen molar-refractivity contribution in [3.05, 3.63) is 69.0 Å². The van der Waals surface area contributed by atoms with Gasteiger partial charge in [-0.1, -0.05) is 24.3 Å². The maximum atomic E-state index is 12.5. The molecular weight excluding hydrogens is 376 g/mol. The van der Waals surface area contributed by atoms with Crippen molar-refractivity contribution in [1.29, 1.82) is 0 Å². The van der Waals surface area contributed by atoms with Crippen LogP contribution in [0, 0.1) is 10.1 Å². The number of carbonyl (C=O) groups is 1. The van der Waals surface area contributed by atoms with Crippen LogP contribution < -0.4 is 21.7 Å². The van der Waals surface area contributed by atoms with Gasteiger partial charge in [-0.15, -0.1) is 0 Å². The van der Waals surface area contributed by atoms with E-state index in [0.29, 0.717) is 23.1 Å². The van der Waals surface area contributed by atoms with Gasteiger partial charge >= 0.3 is 0 Å². The molecule has 0 spiro atoms. The monoisotopic (exact) mass is 396 g/mol. The van der Waals surface area contributed by atoms with E-state index in [1.807, 2.05) is 6.92 Å². The van der Waals surface area contributed by atoms with Crippen molar-refractivity contribution < 1.29 is 9.72 Å². The number of amides is 1. The Morgan fingerprint density at radius 3 is 2.66 bits per heavy atom.